The normalized spacial score (nSPS) is 24.7. The van der Waals surface area contributed by atoms with Gasteiger partial charge in [0.15, 0.2) is 0 Å². The van der Waals surface area contributed by atoms with Crippen molar-refractivity contribution in [3.05, 3.63) is 0 Å². The lowest BCUT2D eigenvalue weighted by Gasteiger charge is -2.28. The standard InChI is InChI=1S/C15H32N2O/c1-4-17(5-2)12-10-16-11-13-18-15-9-7-6-8-14(15)3/h14-16H,4-13H2,1-3H3. The fourth-order valence-electron chi connectivity index (χ4n) is 2.71. The fourth-order valence-corrected chi connectivity index (χ4v) is 2.71. The summed E-state index contributed by atoms with van der Waals surface area (Å²) < 4.78 is 5.98. The lowest BCUT2D eigenvalue weighted by atomic mass is 9.88. The minimum atomic E-state index is 0.517. The maximum atomic E-state index is 5.98. The van der Waals surface area contributed by atoms with Crippen molar-refractivity contribution in [2.45, 2.75) is 52.6 Å². The molecule has 0 aromatic rings. The second kappa shape index (κ2) is 9.76. The molecule has 2 unspecified atom stereocenters. The van der Waals surface area contributed by atoms with Gasteiger partial charge in [-0.2, -0.15) is 0 Å². The van der Waals surface area contributed by atoms with Crippen LogP contribution < -0.4 is 5.32 Å². The summed E-state index contributed by atoms with van der Waals surface area (Å²) in [5.41, 5.74) is 0. The summed E-state index contributed by atoms with van der Waals surface area (Å²) in [5.74, 6) is 0.759. The molecule has 1 aliphatic rings. The number of rotatable bonds is 9. The van der Waals surface area contributed by atoms with E-state index in [2.05, 4.69) is 31.0 Å². The highest BCUT2D eigenvalue weighted by atomic mass is 16.5. The van der Waals surface area contributed by atoms with Crippen LogP contribution in [0.2, 0.25) is 0 Å². The molecule has 0 heterocycles. The van der Waals surface area contributed by atoms with Crippen molar-refractivity contribution in [3.8, 4) is 0 Å². The lowest BCUT2D eigenvalue weighted by Crippen LogP contribution is -2.34. The Morgan fingerprint density at radius 3 is 2.50 bits per heavy atom. The largest absolute Gasteiger partial charge is 0.377 e. The molecule has 3 heteroatoms. The molecule has 1 fully saturated rings. The molecule has 1 aliphatic carbocycles. The first-order valence-corrected chi connectivity index (χ1v) is 7.82. The third-order valence-corrected chi connectivity index (χ3v) is 4.14. The fraction of sp³-hybridized carbons (Fsp3) is 1.00. The van der Waals surface area contributed by atoms with Crippen LogP contribution in [0.4, 0.5) is 0 Å². The summed E-state index contributed by atoms with van der Waals surface area (Å²) in [7, 11) is 0. The van der Waals surface area contributed by atoms with Crippen molar-refractivity contribution < 1.29 is 4.74 Å². The molecular weight excluding hydrogens is 224 g/mol. The van der Waals surface area contributed by atoms with Crippen molar-refractivity contribution in [1.82, 2.24) is 10.2 Å². The van der Waals surface area contributed by atoms with E-state index in [0.29, 0.717) is 6.10 Å². The van der Waals surface area contributed by atoms with Gasteiger partial charge in [0, 0.05) is 19.6 Å². The highest BCUT2D eigenvalue weighted by Gasteiger charge is 2.21. The highest BCUT2D eigenvalue weighted by Crippen LogP contribution is 2.25. The van der Waals surface area contributed by atoms with Crippen LogP contribution in [0, 0.1) is 5.92 Å². The summed E-state index contributed by atoms with van der Waals surface area (Å²) >= 11 is 0. The van der Waals surface area contributed by atoms with Gasteiger partial charge in [-0.15, -0.1) is 0 Å². The summed E-state index contributed by atoms with van der Waals surface area (Å²) in [4.78, 5) is 2.44. The molecule has 108 valence electrons. The second-order valence-corrected chi connectivity index (χ2v) is 5.45. The molecule has 0 spiro atoms. The monoisotopic (exact) mass is 256 g/mol. The SMILES string of the molecule is CCN(CC)CCNCCOC1CCCCC1C. The Morgan fingerprint density at radius 2 is 1.83 bits per heavy atom. The maximum absolute atomic E-state index is 5.98. The summed E-state index contributed by atoms with van der Waals surface area (Å²) in [5, 5.41) is 3.47. The van der Waals surface area contributed by atoms with Gasteiger partial charge in [0.1, 0.15) is 0 Å². The van der Waals surface area contributed by atoms with E-state index in [4.69, 9.17) is 4.74 Å². The number of hydrogen-bond acceptors (Lipinski definition) is 3. The average molecular weight is 256 g/mol. The van der Waals surface area contributed by atoms with Crippen molar-refractivity contribution in [2.24, 2.45) is 5.92 Å². The summed E-state index contributed by atoms with van der Waals surface area (Å²) in [6, 6.07) is 0. The zero-order valence-electron chi connectivity index (χ0n) is 12.6. The van der Waals surface area contributed by atoms with Gasteiger partial charge in [-0.3, -0.25) is 0 Å². The predicted molar refractivity (Wildman–Crippen MR) is 78.0 cm³/mol. The Morgan fingerprint density at radius 1 is 1.11 bits per heavy atom. The molecule has 0 amide bonds. The smallest absolute Gasteiger partial charge is 0.0601 e. The van der Waals surface area contributed by atoms with E-state index < -0.39 is 0 Å². The number of likely N-dealkylation sites (N-methyl/N-ethyl adjacent to an activating group) is 1. The highest BCUT2D eigenvalue weighted by molar-refractivity contribution is 4.72. The topological polar surface area (TPSA) is 24.5 Å². The minimum Gasteiger partial charge on any atom is -0.377 e. The van der Waals surface area contributed by atoms with Crippen LogP contribution in [0.25, 0.3) is 0 Å². The lowest BCUT2D eigenvalue weighted by molar-refractivity contribution is -0.00320. The summed E-state index contributed by atoms with van der Waals surface area (Å²) in [6.45, 7) is 13.1. The van der Waals surface area contributed by atoms with Gasteiger partial charge in [-0.05, 0) is 31.8 Å². The molecule has 0 bridgehead atoms. The first-order valence-electron chi connectivity index (χ1n) is 7.82. The molecular formula is C15H32N2O. The van der Waals surface area contributed by atoms with Crippen molar-refractivity contribution in [1.29, 1.82) is 0 Å². The van der Waals surface area contributed by atoms with E-state index in [-0.39, 0.29) is 0 Å². The van der Waals surface area contributed by atoms with Crippen LogP contribution >= 0.6 is 0 Å². The minimum absolute atomic E-state index is 0.517. The van der Waals surface area contributed by atoms with E-state index in [1.165, 1.54) is 25.7 Å². The molecule has 1 saturated carbocycles. The van der Waals surface area contributed by atoms with E-state index in [1.807, 2.05) is 0 Å². The van der Waals surface area contributed by atoms with E-state index >= 15 is 0 Å². The molecule has 1 N–H and O–H groups in total. The Bertz CT molecular complexity index is 195. The quantitative estimate of drug-likeness (QED) is 0.642. The first kappa shape index (κ1) is 15.9. The Kier molecular flexibility index (Phi) is 8.64. The Labute approximate surface area is 113 Å². The van der Waals surface area contributed by atoms with Gasteiger partial charge in [0.2, 0.25) is 0 Å². The van der Waals surface area contributed by atoms with Crippen LogP contribution in [0.15, 0.2) is 0 Å². The number of nitrogens with one attached hydrogen (secondary N) is 1. The number of hydrogen-bond donors (Lipinski definition) is 1. The molecule has 18 heavy (non-hydrogen) atoms. The molecule has 2 atom stereocenters. The molecule has 0 aliphatic heterocycles. The molecule has 1 rings (SSSR count). The van der Waals surface area contributed by atoms with Crippen molar-refractivity contribution in [3.63, 3.8) is 0 Å². The molecule has 0 aromatic carbocycles. The van der Waals surface area contributed by atoms with Gasteiger partial charge >= 0.3 is 0 Å². The number of ether oxygens (including phenoxy) is 1. The predicted octanol–water partition coefficient (Wildman–Crippen LogP) is 2.51. The Hall–Kier alpha value is -0.120. The van der Waals surface area contributed by atoms with E-state index in [0.717, 1.165) is 45.2 Å². The molecule has 0 radical (unpaired) electrons. The third kappa shape index (κ3) is 6.17. The zero-order chi connectivity index (χ0) is 13.2. The van der Waals surface area contributed by atoms with E-state index in [9.17, 15) is 0 Å². The summed E-state index contributed by atoms with van der Waals surface area (Å²) in [6.07, 6.45) is 5.87. The van der Waals surface area contributed by atoms with Crippen LogP contribution in [0.1, 0.15) is 46.5 Å². The first-order chi connectivity index (χ1) is 8.77. The van der Waals surface area contributed by atoms with Gasteiger partial charge in [-0.1, -0.05) is 33.6 Å². The number of nitrogens with zero attached hydrogens (tertiary/aromatic N) is 1. The Balaban J connectivity index is 1.94. The molecule has 3 nitrogen and oxygen atoms in total. The van der Waals surface area contributed by atoms with Crippen molar-refractivity contribution >= 4 is 0 Å². The van der Waals surface area contributed by atoms with E-state index in [1.54, 1.807) is 0 Å². The van der Waals surface area contributed by atoms with Crippen LogP contribution in [-0.2, 0) is 4.74 Å². The maximum Gasteiger partial charge on any atom is 0.0601 e. The zero-order valence-corrected chi connectivity index (χ0v) is 12.6. The van der Waals surface area contributed by atoms with Gasteiger partial charge in [0.25, 0.3) is 0 Å². The van der Waals surface area contributed by atoms with Gasteiger partial charge in [-0.25, -0.2) is 0 Å². The van der Waals surface area contributed by atoms with Gasteiger partial charge < -0.3 is 15.0 Å². The average Bonchev–Trinajstić information content (AvgIpc) is 2.40. The third-order valence-electron chi connectivity index (χ3n) is 4.14. The van der Waals surface area contributed by atoms with Crippen LogP contribution in [0.5, 0.6) is 0 Å². The second-order valence-electron chi connectivity index (χ2n) is 5.45. The van der Waals surface area contributed by atoms with Gasteiger partial charge in [0.05, 0.1) is 12.7 Å². The van der Waals surface area contributed by atoms with Crippen molar-refractivity contribution in [2.75, 3.05) is 39.3 Å². The van der Waals surface area contributed by atoms with Crippen LogP contribution in [0.3, 0.4) is 0 Å². The molecule has 0 saturated heterocycles. The molecule has 0 aromatic heterocycles. The van der Waals surface area contributed by atoms with Crippen LogP contribution in [-0.4, -0.2) is 50.3 Å².